The number of nitrogens with one attached hydrogen (secondary N) is 2. The van der Waals surface area contributed by atoms with E-state index in [0.29, 0.717) is 24.7 Å². The summed E-state index contributed by atoms with van der Waals surface area (Å²) in [4.78, 5) is 12.0. The van der Waals surface area contributed by atoms with Crippen molar-refractivity contribution in [2.75, 3.05) is 18.5 Å². The van der Waals surface area contributed by atoms with Crippen LogP contribution in [0.5, 0.6) is 5.75 Å². The number of phenols is 1. The maximum absolute atomic E-state index is 13.9. The van der Waals surface area contributed by atoms with Gasteiger partial charge >= 0.3 is 6.03 Å². The van der Waals surface area contributed by atoms with E-state index in [1.807, 2.05) is 29.6 Å². The van der Waals surface area contributed by atoms with Gasteiger partial charge in [-0.2, -0.15) is 0 Å². The predicted octanol–water partition coefficient (Wildman–Crippen LogP) is 0.748. The fourth-order valence-corrected chi connectivity index (χ4v) is 7.67. The lowest BCUT2D eigenvalue weighted by atomic mass is 9.36. The zero-order valence-electron chi connectivity index (χ0n) is 17.8. The average Bonchev–Trinajstić information content (AvgIpc) is 3.08. The summed E-state index contributed by atoms with van der Waals surface area (Å²) >= 11 is 12.4. The molecule has 2 aliphatic rings. The van der Waals surface area contributed by atoms with Gasteiger partial charge in [0.05, 0.1) is 45.0 Å². The third-order valence-corrected chi connectivity index (χ3v) is 10.1. The number of hydrogen-bond donors (Lipinski definition) is 3. The third-order valence-electron chi connectivity index (χ3n) is 6.21. The van der Waals surface area contributed by atoms with Crippen LogP contribution in [0, 0.1) is 0 Å². The summed E-state index contributed by atoms with van der Waals surface area (Å²) in [6.07, 6.45) is 3.82. The van der Waals surface area contributed by atoms with Crippen molar-refractivity contribution >= 4 is 68.3 Å². The summed E-state index contributed by atoms with van der Waals surface area (Å²) in [5.74, 6) is -0.578. The summed E-state index contributed by atoms with van der Waals surface area (Å²) in [6.45, 7) is 0.593. The molecule has 0 bridgehead atoms. The van der Waals surface area contributed by atoms with Crippen molar-refractivity contribution in [3.63, 3.8) is 0 Å². The number of hydrogen-bond acceptors (Lipinski definition) is 5. The van der Waals surface area contributed by atoms with Crippen LogP contribution in [0.3, 0.4) is 0 Å². The Balaban J connectivity index is 1.98. The fourth-order valence-electron chi connectivity index (χ4n) is 4.35. The first-order valence-electron chi connectivity index (χ1n) is 10.2. The zero-order chi connectivity index (χ0) is 23.0. The lowest BCUT2D eigenvalue weighted by molar-refractivity contribution is 0.0747. The van der Waals surface area contributed by atoms with Crippen molar-refractivity contribution in [3.8, 4) is 5.75 Å². The Bertz CT molecular complexity index is 1010. The van der Waals surface area contributed by atoms with E-state index in [2.05, 4.69) is 10.6 Å². The molecule has 1 heterocycles. The topological polar surface area (TPSA) is 105 Å². The summed E-state index contributed by atoms with van der Waals surface area (Å²) in [5.41, 5.74) is -0.0466. The first-order chi connectivity index (χ1) is 14.4. The Morgan fingerprint density at radius 3 is 2.42 bits per heavy atom. The number of allylic oxidation sites excluding steroid dienone is 1. The number of amides is 2. The van der Waals surface area contributed by atoms with Crippen LogP contribution in [-0.2, 0) is 14.6 Å². The number of benzene rings is 1. The molecule has 13 heteroatoms. The fraction of sp³-hybridized carbons (Fsp3) is 0.500. The molecular formula is C18H25B3Cl2N2O5S. The normalized spacial score (nSPS) is 21.4. The van der Waals surface area contributed by atoms with Crippen LogP contribution in [0.1, 0.15) is 25.7 Å². The van der Waals surface area contributed by atoms with Crippen molar-refractivity contribution in [1.82, 2.24) is 5.32 Å². The van der Waals surface area contributed by atoms with Crippen LogP contribution in [0.4, 0.5) is 10.5 Å². The van der Waals surface area contributed by atoms with E-state index in [1.165, 1.54) is 12.1 Å². The highest BCUT2D eigenvalue weighted by Crippen LogP contribution is 2.51. The number of halogens is 2. The maximum Gasteiger partial charge on any atom is 0.319 e. The van der Waals surface area contributed by atoms with Gasteiger partial charge in [-0.05, 0) is 37.8 Å². The first kappa shape index (κ1) is 24.4. The molecule has 166 valence electrons. The van der Waals surface area contributed by atoms with E-state index in [4.69, 9.17) is 27.9 Å². The van der Waals surface area contributed by atoms with E-state index in [0.717, 1.165) is 6.42 Å². The number of urea groups is 1. The number of aromatic hydroxyl groups is 1. The second kappa shape index (κ2) is 8.92. The van der Waals surface area contributed by atoms with Crippen LogP contribution >= 0.6 is 23.2 Å². The molecule has 1 aliphatic heterocycles. The van der Waals surface area contributed by atoms with E-state index in [1.54, 1.807) is 0 Å². The van der Waals surface area contributed by atoms with Crippen LogP contribution < -0.4 is 10.6 Å². The van der Waals surface area contributed by atoms with Gasteiger partial charge < -0.3 is 20.5 Å². The molecule has 0 saturated carbocycles. The van der Waals surface area contributed by atoms with Crippen molar-refractivity contribution in [2.45, 2.75) is 46.5 Å². The quantitative estimate of drug-likeness (QED) is 0.422. The van der Waals surface area contributed by atoms with E-state index >= 15 is 0 Å². The van der Waals surface area contributed by atoms with E-state index in [9.17, 15) is 18.3 Å². The van der Waals surface area contributed by atoms with Gasteiger partial charge in [-0.25, -0.2) is 13.2 Å². The smallest absolute Gasteiger partial charge is 0.319 e. The molecule has 0 aromatic heterocycles. The monoisotopic (exact) mass is 484 g/mol. The Hall–Kier alpha value is -1.29. The van der Waals surface area contributed by atoms with E-state index < -0.39 is 31.5 Å². The SMILES string of the molecule is BC(B)(B)C1(S(=O)(=O)c2c(Cl)ccc(NC(=O)N[C@@H]3CCC=C3Cl)c2O)CCOCC1. The van der Waals surface area contributed by atoms with Gasteiger partial charge in [0.1, 0.15) is 4.90 Å². The molecule has 1 atom stereocenters. The van der Waals surface area contributed by atoms with Gasteiger partial charge in [-0.1, -0.05) is 34.4 Å². The minimum absolute atomic E-state index is 0.0466. The highest BCUT2D eigenvalue weighted by atomic mass is 35.5. The Morgan fingerprint density at radius 1 is 1.23 bits per heavy atom. The Labute approximate surface area is 195 Å². The molecule has 1 saturated heterocycles. The van der Waals surface area contributed by atoms with Gasteiger partial charge in [0.2, 0.25) is 0 Å². The van der Waals surface area contributed by atoms with Crippen LogP contribution in [0.15, 0.2) is 28.1 Å². The van der Waals surface area contributed by atoms with Crippen LogP contribution in [-0.4, -0.2) is 67.1 Å². The Morgan fingerprint density at radius 2 is 1.87 bits per heavy atom. The predicted molar refractivity (Wildman–Crippen MR) is 131 cm³/mol. The van der Waals surface area contributed by atoms with Gasteiger partial charge in [0.25, 0.3) is 0 Å². The van der Waals surface area contributed by atoms with Gasteiger partial charge in [0, 0.05) is 18.2 Å². The molecule has 1 fully saturated rings. The minimum Gasteiger partial charge on any atom is -0.504 e. The Kier molecular flexibility index (Phi) is 7.01. The number of ether oxygens (including phenoxy) is 1. The summed E-state index contributed by atoms with van der Waals surface area (Å²) < 4.78 is 32.0. The zero-order valence-corrected chi connectivity index (χ0v) is 20.1. The molecule has 0 unspecified atom stereocenters. The first-order valence-corrected chi connectivity index (χ1v) is 12.4. The number of carbonyl (C=O) groups is 1. The van der Waals surface area contributed by atoms with Crippen molar-refractivity contribution < 1.29 is 23.1 Å². The molecule has 1 aromatic rings. The minimum atomic E-state index is -4.10. The van der Waals surface area contributed by atoms with Crippen molar-refractivity contribution in [2.24, 2.45) is 0 Å². The molecule has 7 nitrogen and oxygen atoms in total. The van der Waals surface area contributed by atoms with Gasteiger partial charge in [-0.3, -0.25) is 0 Å². The highest BCUT2D eigenvalue weighted by molar-refractivity contribution is 7.93. The number of carbonyl (C=O) groups excluding carboxylic acids is 1. The summed E-state index contributed by atoms with van der Waals surface area (Å²) in [5, 5.41) is 15.9. The molecule has 0 spiro atoms. The average molecular weight is 485 g/mol. The standard InChI is InChI=1S/C18H25B3Cl2N2O5S/c19-18(20,21)17(6-8-30-9-7-17)31(28,29)15-11(23)4-5-13(14(15)26)25-16(27)24-12-3-1-2-10(12)22/h2,4-5,12,26H,1,3,6-9,19-21H2,(H2,24,25,27)/t12-/m1/s1. The molecule has 2 amide bonds. The number of rotatable bonds is 5. The maximum atomic E-state index is 13.9. The van der Waals surface area contributed by atoms with Gasteiger partial charge in [0.15, 0.2) is 15.6 Å². The lowest BCUT2D eigenvalue weighted by Crippen LogP contribution is -2.54. The van der Waals surface area contributed by atoms with Crippen LogP contribution in [0.25, 0.3) is 0 Å². The van der Waals surface area contributed by atoms with Gasteiger partial charge in [-0.15, -0.1) is 0 Å². The molecule has 1 aromatic carbocycles. The summed E-state index contributed by atoms with van der Waals surface area (Å²) in [7, 11) is 1.47. The lowest BCUT2D eigenvalue weighted by Gasteiger charge is -2.47. The second-order valence-corrected chi connectivity index (χ2v) is 12.0. The molecule has 3 rings (SSSR count). The third kappa shape index (κ3) is 4.47. The molecule has 3 N–H and O–H groups in total. The largest absolute Gasteiger partial charge is 0.504 e. The molecular weight excluding hydrogens is 460 g/mol. The van der Waals surface area contributed by atoms with Crippen molar-refractivity contribution in [3.05, 3.63) is 28.3 Å². The molecule has 1 aliphatic carbocycles. The summed E-state index contributed by atoms with van der Waals surface area (Å²) in [6, 6.07) is 1.82. The van der Waals surface area contributed by atoms with Crippen molar-refractivity contribution in [1.29, 1.82) is 0 Å². The number of anilines is 1. The number of sulfone groups is 1. The highest BCUT2D eigenvalue weighted by Gasteiger charge is 2.54. The van der Waals surface area contributed by atoms with E-state index in [-0.39, 0.29) is 34.5 Å². The molecule has 31 heavy (non-hydrogen) atoms. The number of phenolic OH excluding ortho intramolecular Hbond substituents is 1. The second-order valence-electron chi connectivity index (χ2n) is 8.95. The van der Waals surface area contributed by atoms with Crippen LogP contribution in [0.2, 0.25) is 10.1 Å². The molecule has 0 radical (unpaired) electrons.